The minimum Gasteiger partial charge on any atom is -0.367 e. The number of carbonyl (C=O) groups excluding carboxylic acids is 1. The fraction of sp³-hybridized carbons (Fsp3) is 0.562. The van der Waals surface area contributed by atoms with Crippen LogP contribution in [0.2, 0.25) is 0 Å². The summed E-state index contributed by atoms with van der Waals surface area (Å²) in [5.41, 5.74) is -1.19. The van der Waals surface area contributed by atoms with Gasteiger partial charge in [-0.15, -0.1) is 0 Å². The first-order valence-electron chi connectivity index (χ1n) is 7.13. The molecule has 0 amide bonds. The Balaban J connectivity index is 2.34. The molecule has 4 heteroatoms. The van der Waals surface area contributed by atoms with Crippen LogP contribution in [-0.2, 0) is 4.74 Å². The Morgan fingerprint density at radius 3 is 2.60 bits per heavy atom. The third kappa shape index (κ3) is 2.75. The Morgan fingerprint density at radius 1 is 1.35 bits per heavy atom. The van der Waals surface area contributed by atoms with Crippen LogP contribution in [0.15, 0.2) is 18.2 Å². The van der Waals surface area contributed by atoms with Gasteiger partial charge in [0.1, 0.15) is 5.60 Å². The lowest BCUT2D eigenvalue weighted by atomic mass is 9.75. The molecule has 2 nitrogen and oxygen atoms in total. The third-order valence-electron chi connectivity index (χ3n) is 4.11. The summed E-state index contributed by atoms with van der Waals surface area (Å²) in [5, 5.41) is 0. The standard InChI is InChI=1S/C16H20F2O2/c1-3-20-16(9-7-11(2)8-10-16)15(19)12-5-4-6-13(17)14(12)18/h4-6,11H,3,7-10H2,1-2H3. The second-order valence-electron chi connectivity index (χ2n) is 5.54. The fourth-order valence-electron chi connectivity index (χ4n) is 2.87. The summed E-state index contributed by atoms with van der Waals surface area (Å²) in [7, 11) is 0. The van der Waals surface area contributed by atoms with Crippen molar-refractivity contribution in [3.63, 3.8) is 0 Å². The summed E-state index contributed by atoms with van der Waals surface area (Å²) in [6.07, 6.45) is 2.86. The maximum absolute atomic E-state index is 13.8. The summed E-state index contributed by atoms with van der Waals surface area (Å²) in [5.74, 6) is -1.96. The van der Waals surface area contributed by atoms with Crippen molar-refractivity contribution in [1.29, 1.82) is 0 Å². The van der Waals surface area contributed by atoms with Crippen molar-refractivity contribution in [2.24, 2.45) is 5.92 Å². The predicted molar refractivity (Wildman–Crippen MR) is 72.7 cm³/mol. The average Bonchev–Trinajstić information content (AvgIpc) is 2.44. The van der Waals surface area contributed by atoms with Gasteiger partial charge < -0.3 is 4.74 Å². The van der Waals surface area contributed by atoms with E-state index in [1.165, 1.54) is 12.1 Å². The van der Waals surface area contributed by atoms with Crippen LogP contribution in [0.3, 0.4) is 0 Å². The normalized spacial score (nSPS) is 26.5. The van der Waals surface area contributed by atoms with Crippen LogP contribution >= 0.6 is 0 Å². The van der Waals surface area contributed by atoms with Gasteiger partial charge >= 0.3 is 0 Å². The monoisotopic (exact) mass is 282 g/mol. The van der Waals surface area contributed by atoms with Gasteiger partial charge in [0, 0.05) is 6.61 Å². The highest BCUT2D eigenvalue weighted by Crippen LogP contribution is 2.37. The van der Waals surface area contributed by atoms with Crippen molar-refractivity contribution in [2.45, 2.75) is 45.1 Å². The van der Waals surface area contributed by atoms with Crippen LogP contribution in [0.1, 0.15) is 49.9 Å². The van der Waals surface area contributed by atoms with Gasteiger partial charge in [0.25, 0.3) is 0 Å². The molecule has 0 N–H and O–H groups in total. The molecule has 1 aliphatic rings. The quantitative estimate of drug-likeness (QED) is 0.776. The molecule has 1 aliphatic carbocycles. The number of carbonyl (C=O) groups is 1. The summed E-state index contributed by atoms with van der Waals surface area (Å²) < 4.78 is 32.8. The number of benzene rings is 1. The number of hydrogen-bond acceptors (Lipinski definition) is 2. The predicted octanol–water partition coefficient (Wildman–Crippen LogP) is 4.13. The summed E-state index contributed by atoms with van der Waals surface area (Å²) >= 11 is 0. The van der Waals surface area contributed by atoms with E-state index in [2.05, 4.69) is 6.92 Å². The Hall–Kier alpha value is -1.29. The van der Waals surface area contributed by atoms with Crippen LogP contribution in [-0.4, -0.2) is 18.0 Å². The minimum atomic E-state index is -1.07. The molecule has 1 saturated carbocycles. The number of hydrogen-bond donors (Lipinski definition) is 0. The SMILES string of the molecule is CCOC1(C(=O)c2cccc(F)c2F)CCC(C)CC1. The first kappa shape index (κ1) is 15.1. The summed E-state index contributed by atoms with van der Waals surface area (Å²) in [4.78, 5) is 12.7. The Kier molecular flexibility index (Phi) is 4.53. The molecule has 0 spiro atoms. The van der Waals surface area contributed by atoms with Gasteiger partial charge in [-0.1, -0.05) is 13.0 Å². The molecule has 110 valence electrons. The number of ether oxygens (including phenoxy) is 1. The number of halogens is 2. The molecule has 2 rings (SSSR count). The van der Waals surface area contributed by atoms with E-state index in [-0.39, 0.29) is 5.56 Å². The molecule has 0 unspecified atom stereocenters. The molecule has 0 bridgehead atoms. The molecule has 0 atom stereocenters. The van der Waals surface area contributed by atoms with Crippen molar-refractivity contribution in [1.82, 2.24) is 0 Å². The molecule has 0 aromatic heterocycles. The van der Waals surface area contributed by atoms with E-state index >= 15 is 0 Å². The molecular formula is C16H20F2O2. The molecule has 1 fully saturated rings. The Labute approximate surface area is 118 Å². The van der Waals surface area contributed by atoms with Crippen molar-refractivity contribution in [3.05, 3.63) is 35.4 Å². The maximum Gasteiger partial charge on any atom is 0.197 e. The zero-order valence-corrected chi connectivity index (χ0v) is 11.9. The summed E-state index contributed by atoms with van der Waals surface area (Å²) in [6.45, 7) is 4.33. The first-order chi connectivity index (χ1) is 9.50. The highest BCUT2D eigenvalue weighted by atomic mass is 19.2. The molecule has 0 saturated heterocycles. The van der Waals surface area contributed by atoms with Crippen LogP contribution in [0, 0.1) is 17.6 Å². The second-order valence-corrected chi connectivity index (χ2v) is 5.54. The molecule has 1 aromatic rings. The number of Topliss-reactive ketones (excluding diaryl/α,β-unsaturated/α-hetero) is 1. The third-order valence-corrected chi connectivity index (χ3v) is 4.11. The number of rotatable bonds is 4. The minimum absolute atomic E-state index is 0.201. The Morgan fingerprint density at radius 2 is 2.00 bits per heavy atom. The van der Waals surface area contributed by atoms with Gasteiger partial charge in [-0.05, 0) is 50.7 Å². The van der Waals surface area contributed by atoms with Crippen molar-refractivity contribution in [2.75, 3.05) is 6.61 Å². The molecule has 20 heavy (non-hydrogen) atoms. The zero-order valence-electron chi connectivity index (χ0n) is 11.9. The van der Waals surface area contributed by atoms with Crippen molar-refractivity contribution < 1.29 is 18.3 Å². The van der Waals surface area contributed by atoms with Crippen molar-refractivity contribution >= 4 is 5.78 Å². The van der Waals surface area contributed by atoms with E-state index in [4.69, 9.17) is 4.74 Å². The zero-order chi connectivity index (χ0) is 14.8. The fourth-order valence-corrected chi connectivity index (χ4v) is 2.87. The lowest BCUT2D eigenvalue weighted by Crippen LogP contribution is -2.45. The van der Waals surface area contributed by atoms with E-state index < -0.39 is 23.0 Å². The topological polar surface area (TPSA) is 26.3 Å². The van der Waals surface area contributed by atoms with Crippen LogP contribution in [0.5, 0.6) is 0 Å². The van der Waals surface area contributed by atoms with E-state index in [1.807, 2.05) is 6.92 Å². The lowest BCUT2D eigenvalue weighted by Gasteiger charge is -2.37. The Bertz CT molecular complexity index is 491. The van der Waals surface area contributed by atoms with Gasteiger partial charge in [0.2, 0.25) is 0 Å². The summed E-state index contributed by atoms with van der Waals surface area (Å²) in [6, 6.07) is 3.71. The van der Waals surface area contributed by atoms with E-state index in [0.717, 1.165) is 18.9 Å². The van der Waals surface area contributed by atoms with E-state index in [0.29, 0.717) is 25.4 Å². The smallest absolute Gasteiger partial charge is 0.197 e. The van der Waals surface area contributed by atoms with E-state index in [1.54, 1.807) is 0 Å². The largest absolute Gasteiger partial charge is 0.367 e. The maximum atomic E-state index is 13.8. The number of ketones is 1. The van der Waals surface area contributed by atoms with Gasteiger partial charge in [-0.3, -0.25) is 4.79 Å². The average molecular weight is 282 g/mol. The van der Waals surface area contributed by atoms with Gasteiger partial charge in [-0.25, -0.2) is 8.78 Å². The second kappa shape index (κ2) is 6.00. The van der Waals surface area contributed by atoms with Gasteiger partial charge in [0.15, 0.2) is 17.4 Å². The van der Waals surface area contributed by atoms with Crippen LogP contribution < -0.4 is 0 Å². The molecule has 0 heterocycles. The first-order valence-corrected chi connectivity index (χ1v) is 7.13. The lowest BCUT2D eigenvalue weighted by molar-refractivity contribution is -0.0476. The van der Waals surface area contributed by atoms with Crippen LogP contribution in [0.4, 0.5) is 8.78 Å². The van der Waals surface area contributed by atoms with Crippen LogP contribution in [0.25, 0.3) is 0 Å². The van der Waals surface area contributed by atoms with Crippen molar-refractivity contribution in [3.8, 4) is 0 Å². The molecular weight excluding hydrogens is 262 g/mol. The van der Waals surface area contributed by atoms with E-state index in [9.17, 15) is 13.6 Å². The van der Waals surface area contributed by atoms with Gasteiger partial charge in [0.05, 0.1) is 5.56 Å². The highest BCUT2D eigenvalue weighted by Gasteiger charge is 2.43. The molecule has 0 radical (unpaired) electrons. The van der Waals surface area contributed by atoms with Gasteiger partial charge in [-0.2, -0.15) is 0 Å². The highest BCUT2D eigenvalue weighted by molar-refractivity contribution is 6.02. The molecule has 1 aromatic carbocycles. The molecule has 0 aliphatic heterocycles.